The first-order chi connectivity index (χ1) is 12.4. The smallest absolute Gasteiger partial charge is 0.224 e. The van der Waals surface area contributed by atoms with Crippen molar-refractivity contribution in [3.63, 3.8) is 0 Å². The van der Waals surface area contributed by atoms with E-state index in [0.717, 1.165) is 34.2 Å². The molecule has 1 aliphatic heterocycles. The van der Waals surface area contributed by atoms with Crippen molar-refractivity contribution in [3.05, 3.63) is 16.6 Å². The van der Waals surface area contributed by atoms with Gasteiger partial charge < -0.3 is 14.8 Å². The van der Waals surface area contributed by atoms with Crippen LogP contribution >= 0.6 is 31.9 Å². The molecular weight excluding hydrogens is 462 g/mol. The minimum absolute atomic E-state index is 0.112. The topological polar surface area (TPSA) is 47.6 Å². The van der Waals surface area contributed by atoms with Gasteiger partial charge in [0.25, 0.3) is 0 Å². The maximum absolute atomic E-state index is 12.9. The molecule has 1 aromatic rings. The van der Waals surface area contributed by atoms with Crippen molar-refractivity contribution in [2.45, 2.75) is 49.3 Å². The van der Waals surface area contributed by atoms with E-state index in [1.165, 1.54) is 32.1 Å². The van der Waals surface area contributed by atoms with Crippen molar-refractivity contribution in [1.82, 2.24) is 0 Å². The fourth-order valence-corrected chi connectivity index (χ4v) is 8.17. The van der Waals surface area contributed by atoms with Crippen LogP contribution in [-0.2, 0) is 4.79 Å². The average molecular weight is 485 g/mol. The molecule has 0 spiro atoms. The molecule has 2 atom stereocenters. The second kappa shape index (κ2) is 6.13. The molecule has 1 N–H and O–H groups in total. The first-order valence-corrected chi connectivity index (χ1v) is 11.1. The predicted octanol–water partition coefficient (Wildman–Crippen LogP) is 5.28. The summed E-state index contributed by atoms with van der Waals surface area (Å²) in [6, 6.07) is 3.74. The summed E-state index contributed by atoms with van der Waals surface area (Å²) in [5.41, 5.74) is 0.940. The lowest BCUT2D eigenvalue weighted by Gasteiger charge is -2.60. The molecule has 0 aromatic heterocycles. The average Bonchev–Trinajstić information content (AvgIpc) is 2.52. The number of anilines is 1. The van der Waals surface area contributed by atoms with Crippen molar-refractivity contribution < 1.29 is 14.3 Å². The number of rotatable bonds is 3. The van der Waals surface area contributed by atoms with Crippen molar-refractivity contribution in [3.8, 4) is 11.5 Å². The van der Waals surface area contributed by atoms with Gasteiger partial charge in [-0.2, -0.15) is 0 Å². The number of carbonyl (C=O) groups is 1. The van der Waals surface area contributed by atoms with E-state index in [0.29, 0.717) is 25.4 Å². The van der Waals surface area contributed by atoms with Crippen LogP contribution in [-0.4, -0.2) is 23.4 Å². The second-order valence-corrected chi connectivity index (χ2v) is 11.3. The van der Waals surface area contributed by atoms with Gasteiger partial charge in [0.15, 0.2) is 11.5 Å². The maximum atomic E-state index is 12.9. The largest absolute Gasteiger partial charge is 0.486 e. The van der Waals surface area contributed by atoms with Crippen LogP contribution in [0.15, 0.2) is 16.6 Å². The summed E-state index contributed by atoms with van der Waals surface area (Å²) in [7, 11) is 0. The Hall–Kier alpha value is -0.750. The van der Waals surface area contributed by atoms with Crippen molar-refractivity contribution >= 4 is 43.5 Å². The number of alkyl halides is 1. The van der Waals surface area contributed by atoms with Gasteiger partial charge in [0.05, 0.1) is 5.69 Å². The molecule has 1 heterocycles. The van der Waals surface area contributed by atoms with Crippen molar-refractivity contribution in [2.24, 2.45) is 17.3 Å². The Kier molecular flexibility index (Phi) is 4.09. The van der Waals surface area contributed by atoms with E-state index >= 15 is 0 Å². The van der Waals surface area contributed by atoms with E-state index in [9.17, 15) is 4.79 Å². The molecule has 1 amide bonds. The molecule has 2 unspecified atom stereocenters. The zero-order valence-corrected chi connectivity index (χ0v) is 17.8. The molecule has 4 aliphatic carbocycles. The highest BCUT2D eigenvalue weighted by atomic mass is 79.9. The standard InChI is InChI=1S/C20H23Br2NO3/c21-14-4-16-17(26-2-1-25-16)5-15(14)23-18(24)10-19-6-12-3-13(7-19)9-20(22,8-12)11-19/h4-5,12-13H,1-3,6-11H2,(H,23,24). The number of benzene rings is 1. The summed E-state index contributed by atoms with van der Waals surface area (Å²) < 4.78 is 12.4. The van der Waals surface area contributed by atoms with E-state index in [-0.39, 0.29) is 15.6 Å². The molecular formula is C20H23Br2NO3. The zero-order chi connectivity index (χ0) is 17.9. The van der Waals surface area contributed by atoms with Gasteiger partial charge in [-0.05, 0) is 71.7 Å². The lowest BCUT2D eigenvalue weighted by atomic mass is 9.48. The van der Waals surface area contributed by atoms with Crippen LogP contribution in [0, 0.1) is 17.3 Å². The van der Waals surface area contributed by atoms with Crippen LogP contribution in [0.3, 0.4) is 0 Å². The van der Waals surface area contributed by atoms with Gasteiger partial charge in [-0.15, -0.1) is 0 Å². The molecule has 4 fully saturated rings. The molecule has 5 aliphatic rings. The zero-order valence-electron chi connectivity index (χ0n) is 14.7. The van der Waals surface area contributed by atoms with Crippen molar-refractivity contribution in [2.75, 3.05) is 18.5 Å². The van der Waals surface area contributed by atoms with E-state index in [1.54, 1.807) is 0 Å². The molecule has 26 heavy (non-hydrogen) atoms. The molecule has 4 bridgehead atoms. The van der Waals surface area contributed by atoms with Crippen molar-refractivity contribution in [1.29, 1.82) is 0 Å². The minimum Gasteiger partial charge on any atom is -0.486 e. The third kappa shape index (κ3) is 3.07. The summed E-state index contributed by atoms with van der Waals surface area (Å²) in [4.78, 5) is 12.9. The number of nitrogens with one attached hydrogen (secondary N) is 1. The molecule has 6 rings (SSSR count). The van der Waals surface area contributed by atoms with E-state index in [2.05, 4.69) is 37.2 Å². The van der Waals surface area contributed by atoms with Gasteiger partial charge >= 0.3 is 0 Å². The quantitative estimate of drug-likeness (QED) is 0.593. The number of carbonyl (C=O) groups excluding carboxylic acids is 1. The summed E-state index contributed by atoms with van der Waals surface area (Å²) in [5.74, 6) is 3.13. The summed E-state index contributed by atoms with van der Waals surface area (Å²) >= 11 is 7.58. The Morgan fingerprint density at radius 2 is 1.77 bits per heavy atom. The number of halogens is 2. The Labute approximate surface area is 170 Å². The van der Waals surface area contributed by atoms with Gasteiger partial charge in [0.1, 0.15) is 13.2 Å². The van der Waals surface area contributed by atoms with Gasteiger partial charge in [0, 0.05) is 27.4 Å². The third-order valence-electron chi connectivity index (χ3n) is 6.55. The molecule has 4 nitrogen and oxygen atoms in total. The monoisotopic (exact) mass is 483 g/mol. The predicted molar refractivity (Wildman–Crippen MR) is 107 cm³/mol. The van der Waals surface area contributed by atoms with E-state index in [4.69, 9.17) is 9.47 Å². The first kappa shape index (κ1) is 17.4. The first-order valence-electron chi connectivity index (χ1n) is 9.50. The van der Waals surface area contributed by atoms with Crippen LogP contribution in [0.1, 0.15) is 44.9 Å². The minimum atomic E-state index is 0.112. The normalized spacial score (nSPS) is 36.8. The van der Waals surface area contributed by atoms with Crippen LogP contribution in [0.5, 0.6) is 11.5 Å². The van der Waals surface area contributed by atoms with Crippen LogP contribution in [0.25, 0.3) is 0 Å². The molecule has 0 radical (unpaired) electrons. The Morgan fingerprint density at radius 3 is 2.42 bits per heavy atom. The number of amides is 1. The maximum Gasteiger partial charge on any atom is 0.224 e. The molecule has 1 aromatic carbocycles. The highest BCUT2D eigenvalue weighted by molar-refractivity contribution is 9.10. The Bertz CT molecular complexity index is 752. The van der Waals surface area contributed by atoms with E-state index in [1.807, 2.05) is 12.1 Å². The highest BCUT2D eigenvalue weighted by Crippen LogP contribution is 2.65. The Balaban J connectivity index is 1.32. The highest BCUT2D eigenvalue weighted by Gasteiger charge is 2.57. The van der Waals surface area contributed by atoms with Gasteiger partial charge in [0.2, 0.25) is 5.91 Å². The second-order valence-electron chi connectivity index (χ2n) is 8.81. The van der Waals surface area contributed by atoms with Crippen LogP contribution in [0.2, 0.25) is 0 Å². The number of fused-ring (bicyclic) bond motifs is 1. The van der Waals surface area contributed by atoms with Crippen LogP contribution < -0.4 is 14.8 Å². The fraction of sp³-hybridized carbons (Fsp3) is 0.650. The number of hydrogen-bond donors (Lipinski definition) is 1. The Morgan fingerprint density at radius 1 is 1.12 bits per heavy atom. The molecule has 6 heteroatoms. The van der Waals surface area contributed by atoms with Gasteiger partial charge in [-0.25, -0.2) is 0 Å². The summed E-state index contributed by atoms with van der Waals surface area (Å²) in [6.45, 7) is 1.10. The molecule has 0 saturated heterocycles. The lowest BCUT2D eigenvalue weighted by molar-refractivity contribution is -0.123. The summed E-state index contributed by atoms with van der Waals surface area (Å²) in [6.07, 6.45) is 8.14. The SMILES string of the molecule is O=C(CC12CC3CC(CC(Br)(C3)C1)C2)Nc1cc2c(cc1Br)OCCO2. The molecule has 140 valence electrons. The number of hydrogen-bond acceptors (Lipinski definition) is 3. The number of ether oxygens (including phenoxy) is 2. The molecule has 4 saturated carbocycles. The summed E-state index contributed by atoms with van der Waals surface area (Å²) in [5, 5.41) is 3.11. The van der Waals surface area contributed by atoms with Gasteiger partial charge in [-0.1, -0.05) is 15.9 Å². The lowest BCUT2D eigenvalue weighted by Crippen LogP contribution is -2.53. The third-order valence-corrected chi connectivity index (χ3v) is 8.14. The fourth-order valence-electron chi connectivity index (χ4n) is 6.24. The van der Waals surface area contributed by atoms with E-state index < -0.39 is 0 Å². The van der Waals surface area contributed by atoms with Gasteiger partial charge in [-0.3, -0.25) is 4.79 Å². The van der Waals surface area contributed by atoms with Crippen LogP contribution in [0.4, 0.5) is 5.69 Å².